The van der Waals surface area contributed by atoms with Crippen molar-refractivity contribution in [2.45, 2.75) is 19.5 Å². The highest BCUT2D eigenvalue weighted by Gasteiger charge is 2.31. The molecule has 0 aromatic carbocycles. The number of carbonyl (C=O) groups excluding carboxylic acids is 1. The molecule has 1 aliphatic heterocycles. The van der Waals surface area contributed by atoms with Gasteiger partial charge in [-0.15, -0.1) is 0 Å². The summed E-state index contributed by atoms with van der Waals surface area (Å²) >= 11 is 0. The normalized spacial score (nSPS) is 19.0. The molecule has 124 valence electrons. The topological polar surface area (TPSA) is 82.1 Å². The van der Waals surface area contributed by atoms with Crippen LogP contribution < -0.4 is 5.32 Å². The van der Waals surface area contributed by atoms with Crippen LogP contribution in [0.15, 0.2) is 24.7 Å². The monoisotopic (exact) mass is 317 g/mol. The SMILES string of the molecule is CCN1CCN(C(=O)NCc2ccnn2C)CC1c1ncc[nH]1. The summed E-state index contributed by atoms with van der Waals surface area (Å²) in [6.45, 7) is 5.76. The van der Waals surface area contributed by atoms with Crippen molar-refractivity contribution in [3.05, 3.63) is 36.2 Å². The van der Waals surface area contributed by atoms with Crippen molar-refractivity contribution in [1.82, 2.24) is 34.9 Å². The minimum Gasteiger partial charge on any atom is -0.347 e. The van der Waals surface area contributed by atoms with Crippen LogP contribution in [-0.2, 0) is 13.6 Å². The van der Waals surface area contributed by atoms with Gasteiger partial charge in [-0.3, -0.25) is 9.58 Å². The summed E-state index contributed by atoms with van der Waals surface area (Å²) in [6, 6.07) is 1.98. The van der Waals surface area contributed by atoms with E-state index in [1.54, 1.807) is 17.1 Å². The number of nitrogens with zero attached hydrogens (tertiary/aromatic N) is 5. The Balaban J connectivity index is 1.61. The van der Waals surface area contributed by atoms with Gasteiger partial charge in [0, 0.05) is 45.3 Å². The van der Waals surface area contributed by atoms with Gasteiger partial charge in [-0.05, 0) is 12.6 Å². The summed E-state index contributed by atoms with van der Waals surface area (Å²) in [5, 5.41) is 7.08. The van der Waals surface area contributed by atoms with Gasteiger partial charge in [0.15, 0.2) is 0 Å². The second-order valence-electron chi connectivity index (χ2n) is 5.67. The zero-order valence-electron chi connectivity index (χ0n) is 13.6. The third-order valence-electron chi connectivity index (χ3n) is 4.36. The van der Waals surface area contributed by atoms with Crippen molar-refractivity contribution >= 4 is 6.03 Å². The van der Waals surface area contributed by atoms with Crippen molar-refractivity contribution < 1.29 is 4.79 Å². The molecule has 0 radical (unpaired) electrons. The molecule has 8 heteroatoms. The van der Waals surface area contributed by atoms with Crippen LogP contribution in [0.5, 0.6) is 0 Å². The van der Waals surface area contributed by atoms with Crippen LogP contribution in [-0.4, -0.2) is 61.8 Å². The van der Waals surface area contributed by atoms with E-state index >= 15 is 0 Å². The fraction of sp³-hybridized carbons (Fsp3) is 0.533. The number of urea groups is 1. The number of aryl methyl sites for hydroxylation is 1. The minimum absolute atomic E-state index is 0.0430. The Morgan fingerprint density at radius 2 is 2.30 bits per heavy atom. The number of aromatic amines is 1. The number of likely N-dealkylation sites (N-methyl/N-ethyl adjacent to an activating group) is 1. The first-order chi connectivity index (χ1) is 11.2. The van der Waals surface area contributed by atoms with E-state index in [2.05, 4.69) is 32.2 Å². The van der Waals surface area contributed by atoms with Gasteiger partial charge in [0.1, 0.15) is 5.82 Å². The van der Waals surface area contributed by atoms with E-state index in [1.807, 2.05) is 24.2 Å². The van der Waals surface area contributed by atoms with E-state index in [-0.39, 0.29) is 12.1 Å². The number of hydrogen-bond acceptors (Lipinski definition) is 4. The lowest BCUT2D eigenvalue weighted by molar-refractivity contribution is 0.0895. The molecule has 0 aliphatic carbocycles. The lowest BCUT2D eigenvalue weighted by Crippen LogP contribution is -2.53. The largest absolute Gasteiger partial charge is 0.347 e. The second kappa shape index (κ2) is 6.82. The predicted molar refractivity (Wildman–Crippen MR) is 85.6 cm³/mol. The van der Waals surface area contributed by atoms with Gasteiger partial charge in [0.2, 0.25) is 0 Å². The first kappa shape index (κ1) is 15.5. The number of amides is 2. The lowest BCUT2D eigenvalue weighted by atomic mass is 10.1. The van der Waals surface area contributed by atoms with E-state index in [0.717, 1.165) is 31.2 Å². The molecule has 0 saturated carbocycles. The van der Waals surface area contributed by atoms with Crippen LogP contribution in [0.2, 0.25) is 0 Å². The van der Waals surface area contributed by atoms with Gasteiger partial charge >= 0.3 is 6.03 Å². The molecule has 23 heavy (non-hydrogen) atoms. The average Bonchev–Trinajstić information content (AvgIpc) is 3.23. The molecule has 1 fully saturated rings. The maximum Gasteiger partial charge on any atom is 0.317 e. The number of nitrogens with one attached hydrogen (secondary N) is 2. The molecular weight excluding hydrogens is 294 g/mol. The highest BCUT2D eigenvalue weighted by Crippen LogP contribution is 2.22. The highest BCUT2D eigenvalue weighted by atomic mass is 16.2. The minimum atomic E-state index is -0.0430. The summed E-state index contributed by atoms with van der Waals surface area (Å²) in [6.07, 6.45) is 5.31. The van der Waals surface area contributed by atoms with Gasteiger partial charge in [-0.25, -0.2) is 9.78 Å². The van der Waals surface area contributed by atoms with E-state index in [1.165, 1.54) is 0 Å². The maximum atomic E-state index is 12.5. The Hall–Kier alpha value is -2.35. The molecule has 3 rings (SSSR count). The Labute approximate surface area is 135 Å². The fourth-order valence-corrected chi connectivity index (χ4v) is 2.96. The molecule has 8 nitrogen and oxygen atoms in total. The second-order valence-corrected chi connectivity index (χ2v) is 5.67. The van der Waals surface area contributed by atoms with Crippen molar-refractivity contribution in [2.75, 3.05) is 26.2 Å². The van der Waals surface area contributed by atoms with Crippen molar-refractivity contribution in [2.24, 2.45) is 7.05 Å². The van der Waals surface area contributed by atoms with Gasteiger partial charge in [0.05, 0.1) is 18.3 Å². The standard InChI is InChI=1S/C15H23N7O/c1-3-21-8-9-22(11-13(21)14-16-6-7-17-14)15(23)18-10-12-4-5-19-20(12)2/h4-7,13H,3,8-11H2,1-2H3,(H,16,17)(H,18,23). The smallest absolute Gasteiger partial charge is 0.317 e. The first-order valence-electron chi connectivity index (χ1n) is 7.92. The van der Waals surface area contributed by atoms with Crippen molar-refractivity contribution in [1.29, 1.82) is 0 Å². The van der Waals surface area contributed by atoms with E-state index in [9.17, 15) is 4.79 Å². The molecule has 0 bridgehead atoms. The van der Waals surface area contributed by atoms with Crippen LogP contribution in [0.4, 0.5) is 4.79 Å². The Morgan fingerprint density at radius 1 is 1.43 bits per heavy atom. The molecule has 1 atom stereocenters. The number of rotatable bonds is 4. The molecule has 3 heterocycles. The summed E-state index contributed by atoms with van der Waals surface area (Å²) in [4.78, 5) is 24.2. The molecule has 1 unspecified atom stereocenters. The summed E-state index contributed by atoms with van der Waals surface area (Å²) in [5.74, 6) is 0.913. The highest BCUT2D eigenvalue weighted by molar-refractivity contribution is 5.74. The third kappa shape index (κ3) is 3.37. The molecule has 2 amide bonds. The zero-order valence-corrected chi connectivity index (χ0v) is 13.6. The van der Waals surface area contributed by atoms with Gasteiger partial charge < -0.3 is 15.2 Å². The molecule has 1 saturated heterocycles. The summed E-state index contributed by atoms with van der Waals surface area (Å²) in [5.41, 5.74) is 0.980. The Morgan fingerprint density at radius 3 is 2.96 bits per heavy atom. The number of aromatic nitrogens is 4. The molecule has 2 aromatic heterocycles. The summed E-state index contributed by atoms with van der Waals surface area (Å²) in [7, 11) is 1.87. The third-order valence-corrected chi connectivity index (χ3v) is 4.36. The van der Waals surface area contributed by atoms with Crippen molar-refractivity contribution in [3.63, 3.8) is 0 Å². The van der Waals surface area contributed by atoms with Crippen molar-refractivity contribution in [3.8, 4) is 0 Å². The molecule has 1 aliphatic rings. The quantitative estimate of drug-likeness (QED) is 0.871. The zero-order chi connectivity index (χ0) is 16.2. The number of imidazole rings is 1. The number of H-pyrrole nitrogens is 1. The first-order valence-corrected chi connectivity index (χ1v) is 7.92. The lowest BCUT2D eigenvalue weighted by Gasteiger charge is -2.39. The number of piperazine rings is 1. The van der Waals surface area contributed by atoms with Crippen LogP contribution in [0, 0.1) is 0 Å². The fourth-order valence-electron chi connectivity index (χ4n) is 2.96. The summed E-state index contributed by atoms with van der Waals surface area (Å²) < 4.78 is 1.76. The van der Waals surface area contributed by atoms with E-state index < -0.39 is 0 Å². The van der Waals surface area contributed by atoms with Crippen LogP contribution in [0.3, 0.4) is 0 Å². The molecule has 2 aromatic rings. The average molecular weight is 317 g/mol. The maximum absolute atomic E-state index is 12.5. The van der Waals surface area contributed by atoms with Gasteiger partial charge in [0.25, 0.3) is 0 Å². The van der Waals surface area contributed by atoms with Gasteiger partial charge in [-0.1, -0.05) is 6.92 Å². The van der Waals surface area contributed by atoms with Crippen LogP contribution in [0.25, 0.3) is 0 Å². The molecule has 2 N–H and O–H groups in total. The number of carbonyl (C=O) groups is 1. The van der Waals surface area contributed by atoms with Crippen LogP contribution in [0.1, 0.15) is 24.5 Å². The van der Waals surface area contributed by atoms with E-state index in [4.69, 9.17) is 0 Å². The Kier molecular flexibility index (Phi) is 4.61. The Bertz CT molecular complexity index is 636. The predicted octanol–water partition coefficient (Wildman–Crippen LogP) is 0.732. The van der Waals surface area contributed by atoms with E-state index in [0.29, 0.717) is 13.1 Å². The van der Waals surface area contributed by atoms with Gasteiger partial charge in [-0.2, -0.15) is 5.10 Å². The molecule has 0 spiro atoms. The molecular formula is C15H23N7O. The number of hydrogen-bond donors (Lipinski definition) is 2. The van der Waals surface area contributed by atoms with Crippen LogP contribution >= 0.6 is 0 Å².